The van der Waals surface area contributed by atoms with Gasteiger partial charge >= 0.3 is 5.97 Å². The number of nitrogens with one attached hydrogen (secondary N) is 1. The number of carboxylic acids is 1. The molecular formula is C18H27BN2O3. The van der Waals surface area contributed by atoms with E-state index in [1.54, 1.807) is 11.9 Å². The van der Waals surface area contributed by atoms with Crippen LogP contribution in [0.4, 0.5) is 0 Å². The lowest BCUT2D eigenvalue weighted by molar-refractivity contribution is -0.142. The number of hydrogen-bond acceptors (Lipinski definition) is 3. The maximum atomic E-state index is 12.8. The first kappa shape index (κ1) is 18.5. The molecule has 0 spiro atoms. The second-order valence-corrected chi connectivity index (χ2v) is 6.62. The summed E-state index contributed by atoms with van der Waals surface area (Å²) in [5.74, 6) is -1.14. The molecule has 1 aliphatic heterocycles. The standard InChI is InChI=1S/C18H27BN2O3/c1-20-16(10-13-6-3-2-4-7-13)17(22)21-11-14(8-5-9-19)15(12-21)18(23)24/h2-4,6-7,14-16,20H,5,8-12,19H2,1H3,(H,23,24)/t14-,15+,16?/m0/s1. The molecule has 1 heterocycles. The molecule has 24 heavy (non-hydrogen) atoms. The minimum absolute atomic E-state index is 0.00611. The van der Waals surface area contributed by atoms with E-state index in [-0.39, 0.29) is 17.9 Å². The van der Waals surface area contributed by atoms with Gasteiger partial charge in [-0.2, -0.15) is 0 Å². The van der Waals surface area contributed by atoms with Gasteiger partial charge in [0.15, 0.2) is 0 Å². The number of aliphatic carboxylic acids is 1. The number of nitrogens with zero attached hydrogens (tertiary/aromatic N) is 1. The molecule has 0 radical (unpaired) electrons. The Morgan fingerprint density at radius 1 is 1.33 bits per heavy atom. The molecule has 6 heteroatoms. The maximum absolute atomic E-state index is 12.8. The van der Waals surface area contributed by atoms with Gasteiger partial charge in [0.05, 0.1) is 12.0 Å². The van der Waals surface area contributed by atoms with Crippen molar-refractivity contribution in [1.82, 2.24) is 10.2 Å². The van der Waals surface area contributed by atoms with Gasteiger partial charge in [-0.3, -0.25) is 9.59 Å². The van der Waals surface area contributed by atoms with Crippen LogP contribution in [-0.4, -0.2) is 55.9 Å². The van der Waals surface area contributed by atoms with Crippen LogP contribution < -0.4 is 5.32 Å². The van der Waals surface area contributed by atoms with Gasteiger partial charge in [0.25, 0.3) is 0 Å². The van der Waals surface area contributed by atoms with E-state index in [0.29, 0.717) is 19.5 Å². The van der Waals surface area contributed by atoms with Gasteiger partial charge < -0.3 is 15.3 Å². The van der Waals surface area contributed by atoms with E-state index < -0.39 is 11.9 Å². The molecule has 1 aromatic carbocycles. The molecule has 2 N–H and O–H groups in total. The van der Waals surface area contributed by atoms with E-state index >= 15 is 0 Å². The Bertz CT molecular complexity index is 552. The van der Waals surface area contributed by atoms with Gasteiger partial charge in [-0.25, -0.2) is 0 Å². The largest absolute Gasteiger partial charge is 0.481 e. The van der Waals surface area contributed by atoms with Crippen LogP contribution >= 0.6 is 0 Å². The zero-order valence-corrected chi connectivity index (χ0v) is 14.6. The zero-order chi connectivity index (χ0) is 17.5. The highest BCUT2D eigenvalue weighted by molar-refractivity contribution is 6.08. The molecule has 1 saturated heterocycles. The van der Waals surface area contributed by atoms with Crippen LogP contribution in [0, 0.1) is 11.8 Å². The molecule has 2 rings (SSSR count). The Labute approximate surface area is 144 Å². The van der Waals surface area contributed by atoms with Crippen LogP contribution in [0.2, 0.25) is 6.32 Å². The molecule has 0 saturated carbocycles. The van der Waals surface area contributed by atoms with Gasteiger partial charge in [0.2, 0.25) is 5.91 Å². The summed E-state index contributed by atoms with van der Waals surface area (Å²) in [7, 11) is 3.88. The predicted molar refractivity (Wildman–Crippen MR) is 96.8 cm³/mol. The Morgan fingerprint density at radius 3 is 2.62 bits per heavy atom. The van der Waals surface area contributed by atoms with Crippen molar-refractivity contribution < 1.29 is 14.7 Å². The van der Waals surface area contributed by atoms with E-state index in [0.717, 1.165) is 24.7 Å². The van der Waals surface area contributed by atoms with E-state index in [1.165, 1.54) is 0 Å². The SMILES string of the molecule is BCCC[C@H]1CN(C(=O)C(Cc2ccccc2)NC)C[C@H]1C(=O)O. The summed E-state index contributed by atoms with van der Waals surface area (Å²) >= 11 is 0. The highest BCUT2D eigenvalue weighted by Crippen LogP contribution is 2.28. The van der Waals surface area contributed by atoms with Crippen LogP contribution in [0.25, 0.3) is 0 Å². The lowest BCUT2D eigenvalue weighted by Gasteiger charge is -2.23. The molecule has 5 nitrogen and oxygen atoms in total. The third-order valence-corrected chi connectivity index (χ3v) is 4.93. The third-order valence-electron chi connectivity index (χ3n) is 4.93. The summed E-state index contributed by atoms with van der Waals surface area (Å²) < 4.78 is 0. The normalized spacial score (nSPS) is 21.6. The molecule has 1 unspecified atom stereocenters. The minimum atomic E-state index is -0.782. The predicted octanol–water partition coefficient (Wildman–Crippen LogP) is 0.808. The number of likely N-dealkylation sites (tertiary alicyclic amines) is 1. The van der Waals surface area contributed by atoms with Crippen molar-refractivity contribution in [2.24, 2.45) is 11.8 Å². The highest BCUT2D eigenvalue weighted by atomic mass is 16.4. The number of likely N-dealkylation sites (N-methyl/N-ethyl adjacent to an activating group) is 1. The molecule has 0 aromatic heterocycles. The van der Waals surface area contributed by atoms with Gasteiger partial charge in [0, 0.05) is 13.1 Å². The van der Waals surface area contributed by atoms with Crippen LogP contribution in [0.3, 0.4) is 0 Å². The molecule has 1 fully saturated rings. The maximum Gasteiger partial charge on any atom is 0.308 e. The van der Waals surface area contributed by atoms with Crippen LogP contribution in [0.15, 0.2) is 30.3 Å². The average Bonchev–Trinajstić information content (AvgIpc) is 3.02. The summed E-state index contributed by atoms with van der Waals surface area (Å²) in [6.07, 6.45) is 3.55. The summed E-state index contributed by atoms with van der Waals surface area (Å²) in [6.45, 7) is 0.887. The number of benzene rings is 1. The van der Waals surface area contributed by atoms with Crippen molar-refractivity contribution in [1.29, 1.82) is 0 Å². The summed E-state index contributed by atoms with van der Waals surface area (Å²) in [4.78, 5) is 26.1. The average molecular weight is 330 g/mol. The molecule has 1 amide bonds. The van der Waals surface area contributed by atoms with E-state index in [4.69, 9.17) is 0 Å². The fraction of sp³-hybridized carbons (Fsp3) is 0.556. The van der Waals surface area contributed by atoms with Crippen molar-refractivity contribution in [2.45, 2.75) is 31.6 Å². The number of rotatable bonds is 8. The molecule has 3 atom stereocenters. The summed E-state index contributed by atoms with van der Waals surface area (Å²) in [6, 6.07) is 9.58. The van der Waals surface area contributed by atoms with Gasteiger partial charge in [-0.1, -0.05) is 43.1 Å². The van der Waals surface area contributed by atoms with Crippen LogP contribution in [0.1, 0.15) is 18.4 Å². The van der Waals surface area contributed by atoms with Crippen LogP contribution in [-0.2, 0) is 16.0 Å². The van der Waals surface area contributed by atoms with Crippen molar-refractivity contribution in [3.8, 4) is 0 Å². The number of carbonyl (C=O) groups excluding carboxylic acids is 1. The van der Waals surface area contributed by atoms with Crippen molar-refractivity contribution in [2.75, 3.05) is 20.1 Å². The monoisotopic (exact) mass is 330 g/mol. The number of carboxylic acid groups (broad SMARTS) is 1. The lowest BCUT2D eigenvalue weighted by atomic mass is 9.88. The number of carbonyl (C=O) groups is 2. The van der Waals surface area contributed by atoms with E-state index in [1.807, 2.05) is 30.3 Å². The van der Waals surface area contributed by atoms with Crippen LogP contribution in [0.5, 0.6) is 0 Å². The topological polar surface area (TPSA) is 69.6 Å². The molecule has 1 aliphatic rings. The fourth-order valence-electron chi connectivity index (χ4n) is 3.47. The second kappa shape index (κ2) is 8.88. The first-order valence-corrected chi connectivity index (χ1v) is 8.79. The van der Waals surface area contributed by atoms with E-state index in [2.05, 4.69) is 13.2 Å². The van der Waals surface area contributed by atoms with Gasteiger partial charge in [-0.15, -0.1) is 0 Å². The number of amides is 1. The zero-order valence-electron chi connectivity index (χ0n) is 14.6. The van der Waals surface area contributed by atoms with Crippen molar-refractivity contribution in [3.63, 3.8) is 0 Å². The smallest absolute Gasteiger partial charge is 0.308 e. The minimum Gasteiger partial charge on any atom is -0.481 e. The first-order valence-electron chi connectivity index (χ1n) is 8.79. The molecule has 1 aromatic rings. The van der Waals surface area contributed by atoms with Crippen molar-refractivity contribution >= 4 is 19.7 Å². The Balaban J connectivity index is 2.03. The summed E-state index contributed by atoms with van der Waals surface area (Å²) in [5.41, 5.74) is 1.10. The first-order chi connectivity index (χ1) is 11.6. The van der Waals surface area contributed by atoms with Gasteiger partial charge in [0.1, 0.15) is 7.85 Å². The second-order valence-electron chi connectivity index (χ2n) is 6.62. The summed E-state index contributed by atoms with van der Waals surface area (Å²) in [5, 5.41) is 12.6. The molecule has 0 bridgehead atoms. The Kier molecular flexibility index (Phi) is 6.85. The van der Waals surface area contributed by atoms with Crippen molar-refractivity contribution in [3.05, 3.63) is 35.9 Å². The lowest BCUT2D eigenvalue weighted by Crippen LogP contribution is -2.46. The molecular weight excluding hydrogens is 303 g/mol. The third kappa shape index (κ3) is 4.60. The van der Waals surface area contributed by atoms with Gasteiger partial charge in [-0.05, 0) is 31.4 Å². The molecule has 130 valence electrons. The highest BCUT2D eigenvalue weighted by Gasteiger charge is 2.40. The Morgan fingerprint density at radius 2 is 2.04 bits per heavy atom. The number of hydrogen-bond donors (Lipinski definition) is 2. The Hall–Kier alpha value is -1.82. The molecule has 0 aliphatic carbocycles. The van der Waals surface area contributed by atoms with E-state index in [9.17, 15) is 14.7 Å². The fourth-order valence-corrected chi connectivity index (χ4v) is 3.47. The quantitative estimate of drug-likeness (QED) is 0.692.